The molecule has 2 heterocycles. The first kappa shape index (κ1) is 15.7. The molecule has 1 aliphatic heterocycles. The maximum Gasteiger partial charge on any atom is 0.339 e. The summed E-state index contributed by atoms with van der Waals surface area (Å²) in [5.74, 6) is -0.430. The van der Waals surface area contributed by atoms with Crippen LogP contribution in [0.1, 0.15) is 39.0 Å². The molecule has 6 nitrogen and oxygen atoms in total. The summed E-state index contributed by atoms with van der Waals surface area (Å²) in [5, 5.41) is 0. The molecule has 0 bridgehead atoms. The molecule has 116 valence electrons. The Labute approximate surface area is 124 Å². The second-order valence-corrected chi connectivity index (χ2v) is 5.46. The zero-order valence-electron chi connectivity index (χ0n) is 13.0. The topological polar surface area (TPSA) is 71.6 Å². The Balaban J connectivity index is 2.14. The molecule has 1 saturated heterocycles. The van der Waals surface area contributed by atoms with Crippen molar-refractivity contribution in [3.63, 3.8) is 0 Å². The molecular formula is C15H22N2O4. The number of morpholine rings is 1. The SMILES string of the molecule is COC(=O)c1c(C)[nH]c(C(=O)CN2CCO[C@H](C)C2)c1C. The predicted octanol–water partition coefficient (Wildman–Crippen LogP) is 1.32. The number of aromatic nitrogens is 1. The van der Waals surface area contributed by atoms with Gasteiger partial charge in [0.05, 0.1) is 37.6 Å². The van der Waals surface area contributed by atoms with Crippen molar-refractivity contribution in [2.75, 3.05) is 33.4 Å². The number of methoxy groups -OCH3 is 1. The number of ketones is 1. The molecule has 0 aromatic carbocycles. The van der Waals surface area contributed by atoms with Crippen LogP contribution >= 0.6 is 0 Å². The first-order chi connectivity index (χ1) is 9.93. The van der Waals surface area contributed by atoms with E-state index in [1.54, 1.807) is 13.8 Å². The molecule has 0 radical (unpaired) electrons. The molecule has 0 unspecified atom stereocenters. The number of esters is 1. The quantitative estimate of drug-likeness (QED) is 0.670. The van der Waals surface area contributed by atoms with Gasteiger partial charge in [-0.15, -0.1) is 0 Å². The number of carbonyl (C=O) groups excluding carboxylic acids is 2. The third-order valence-electron chi connectivity index (χ3n) is 3.80. The number of hydrogen-bond donors (Lipinski definition) is 1. The van der Waals surface area contributed by atoms with Crippen LogP contribution in [0.2, 0.25) is 0 Å². The fourth-order valence-electron chi connectivity index (χ4n) is 2.75. The summed E-state index contributed by atoms with van der Waals surface area (Å²) in [7, 11) is 1.34. The lowest BCUT2D eigenvalue weighted by atomic mass is 10.1. The van der Waals surface area contributed by atoms with Crippen molar-refractivity contribution in [1.82, 2.24) is 9.88 Å². The minimum Gasteiger partial charge on any atom is -0.465 e. The number of ether oxygens (including phenoxy) is 2. The molecule has 6 heteroatoms. The summed E-state index contributed by atoms with van der Waals surface area (Å²) in [5.41, 5.74) is 2.27. The minimum absolute atomic E-state index is 0.0140. The van der Waals surface area contributed by atoms with Crippen LogP contribution in [0.15, 0.2) is 0 Å². The number of aromatic amines is 1. The summed E-state index contributed by atoms with van der Waals surface area (Å²) < 4.78 is 10.2. The van der Waals surface area contributed by atoms with Crippen molar-refractivity contribution in [3.05, 3.63) is 22.5 Å². The van der Waals surface area contributed by atoms with Crippen LogP contribution in [0.25, 0.3) is 0 Å². The largest absolute Gasteiger partial charge is 0.465 e. The van der Waals surface area contributed by atoms with Crippen LogP contribution in [-0.4, -0.2) is 61.1 Å². The lowest BCUT2D eigenvalue weighted by Gasteiger charge is -2.30. The third kappa shape index (κ3) is 3.33. The number of nitrogens with one attached hydrogen (secondary N) is 1. The van der Waals surface area contributed by atoms with Gasteiger partial charge in [-0.1, -0.05) is 0 Å². The molecule has 1 aromatic rings. The fraction of sp³-hybridized carbons (Fsp3) is 0.600. The van der Waals surface area contributed by atoms with Crippen LogP contribution in [0, 0.1) is 13.8 Å². The summed E-state index contributed by atoms with van der Waals surface area (Å²) in [6.45, 7) is 8.00. The lowest BCUT2D eigenvalue weighted by molar-refractivity contribution is -0.0158. The Bertz CT molecular complexity index is 550. The number of hydrogen-bond acceptors (Lipinski definition) is 5. The molecule has 1 N–H and O–H groups in total. The van der Waals surface area contributed by atoms with E-state index in [1.807, 2.05) is 6.92 Å². The molecule has 1 fully saturated rings. The Kier molecular flexibility index (Phi) is 4.80. The van der Waals surface area contributed by atoms with Gasteiger partial charge >= 0.3 is 5.97 Å². The van der Waals surface area contributed by atoms with Gasteiger partial charge in [-0.3, -0.25) is 9.69 Å². The lowest BCUT2D eigenvalue weighted by Crippen LogP contribution is -2.43. The second-order valence-electron chi connectivity index (χ2n) is 5.46. The normalized spacial score (nSPS) is 19.5. The standard InChI is InChI=1S/C15H22N2O4/c1-9-7-17(5-6-21-9)8-12(18)14-10(2)13(11(3)16-14)15(19)20-4/h9,16H,5-8H2,1-4H3/t9-/m1/s1. The van der Waals surface area contributed by atoms with E-state index in [4.69, 9.17) is 9.47 Å². The van der Waals surface area contributed by atoms with Crippen LogP contribution in [-0.2, 0) is 9.47 Å². The van der Waals surface area contributed by atoms with Gasteiger partial charge in [0.25, 0.3) is 0 Å². The zero-order valence-corrected chi connectivity index (χ0v) is 13.0. The van der Waals surface area contributed by atoms with Gasteiger partial charge in [0.1, 0.15) is 0 Å². The molecule has 1 aliphatic rings. The maximum atomic E-state index is 12.5. The zero-order chi connectivity index (χ0) is 15.6. The Hall–Kier alpha value is -1.66. The van der Waals surface area contributed by atoms with Gasteiger partial charge in [0.2, 0.25) is 0 Å². The highest BCUT2D eigenvalue weighted by Gasteiger charge is 2.25. The van der Waals surface area contributed by atoms with Gasteiger partial charge in [-0.05, 0) is 26.3 Å². The van der Waals surface area contributed by atoms with E-state index < -0.39 is 5.97 Å². The van der Waals surface area contributed by atoms with Crippen LogP contribution in [0.5, 0.6) is 0 Å². The van der Waals surface area contributed by atoms with E-state index >= 15 is 0 Å². The number of carbonyl (C=O) groups is 2. The Morgan fingerprint density at radius 2 is 2.14 bits per heavy atom. The van der Waals surface area contributed by atoms with Crippen LogP contribution in [0.4, 0.5) is 0 Å². The highest BCUT2D eigenvalue weighted by molar-refractivity contribution is 6.02. The molecule has 1 atom stereocenters. The van der Waals surface area contributed by atoms with Crippen molar-refractivity contribution >= 4 is 11.8 Å². The minimum atomic E-state index is -0.416. The van der Waals surface area contributed by atoms with Gasteiger partial charge in [0, 0.05) is 18.8 Å². The second kappa shape index (κ2) is 6.41. The first-order valence-electron chi connectivity index (χ1n) is 7.08. The number of Topliss-reactive ketones (excluding diaryl/α,β-unsaturated/α-hetero) is 1. The third-order valence-corrected chi connectivity index (χ3v) is 3.80. The van der Waals surface area contributed by atoms with Gasteiger partial charge < -0.3 is 14.5 Å². The van der Waals surface area contributed by atoms with E-state index in [0.29, 0.717) is 35.7 Å². The van der Waals surface area contributed by atoms with E-state index in [0.717, 1.165) is 13.1 Å². The molecule has 0 saturated carbocycles. The van der Waals surface area contributed by atoms with Crippen molar-refractivity contribution in [2.24, 2.45) is 0 Å². The monoisotopic (exact) mass is 294 g/mol. The molecule has 0 amide bonds. The summed E-state index contributed by atoms with van der Waals surface area (Å²) in [6, 6.07) is 0. The van der Waals surface area contributed by atoms with Crippen molar-refractivity contribution in [2.45, 2.75) is 26.9 Å². The predicted molar refractivity (Wildman–Crippen MR) is 77.8 cm³/mol. The highest BCUT2D eigenvalue weighted by atomic mass is 16.5. The average molecular weight is 294 g/mol. The molecule has 2 rings (SSSR count). The molecule has 0 aliphatic carbocycles. The van der Waals surface area contributed by atoms with E-state index in [1.165, 1.54) is 7.11 Å². The average Bonchev–Trinajstić information content (AvgIpc) is 2.73. The maximum absolute atomic E-state index is 12.5. The van der Waals surface area contributed by atoms with Crippen molar-refractivity contribution < 1.29 is 19.1 Å². The first-order valence-corrected chi connectivity index (χ1v) is 7.08. The molecule has 1 aromatic heterocycles. The van der Waals surface area contributed by atoms with Gasteiger partial charge in [-0.2, -0.15) is 0 Å². The fourth-order valence-corrected chi connectivity index (χ4v) is 2.75. The number of H-pyrrole nitrogens is 1. The number of aryl methyl sites for hydroxylation is 1. The summed E-state index contributed by atoms with van der Waals surface area (Å²) in [6.07, 6.45) is 0.142. The van der Waals surface area contributed by atoms with Gasteiger partial charge in [-0.25, -0.2) is 4.79 Å². The number of rotatable bonds is 4. The van der Waals surface area contributed by atoms with Crippen molar-refractivity contribution in [1.29, 1.82) is 0 Å². The molecular weight excluding hydrogens is 272 g/mol. The van der Waals surface area contributed by atoms with E-state index in [9.17, 15) is 9.59 Å². The smallest absolute Gasteiger partial charge is 0.339 e. The Morgan fingerprint density at radius 3 is 2.76 bits per heavy atom. The Morgan fingerprint density at radius 1 is 1.43 bits per heavy atom. The molecule has 0 spiro atoms. The van der Waals surface area contributed by atoms with Crippen LogP contribution in [0.3, 0.4) is 0 Å². The van der Waals surface area contributed by atoms with Crippen LogP contribution < -0.4 is 0 Å². The highest BCUT2D eigenvalue weighted by Crippen LogP contribution is 2.20. The van der Waals surface area contributed by atoms with E-state index in [2.05, 4.69) is 9.88 Å². The van der Waals surface area contributed by atoms with Gasteiger partial charge in [0.15, 0.2) is 5.78 Å². The van der Waals surface area contributed by atoms with E-state index in [-0.39, 0.29) is 11.9 Å². The number of nitrogens with zero attached hydrogens (tertiary/aromatic N) is 1. The summed E-state index contributed by atoms with van der Waals surface area (Å²) >= 11 is 0. The van der Waals surface area contributed by atoms with Crippen molar-refractivity contribution in [3.8, 4) is 0 Å². The molecule has 21 heavy (non-hydrogen) atoms. The summed E-state index contributed by atoms with van der Waals surface area (Å²) in [4.78, 5) is 29.3.